The van der Waals surface area contributed by atoms with Crippen molar-refractivity contribution in [1.29, 1.82) is 0 Å². The number of ether oxygens (including phenoxy) is 1. The third-order valence-corrected chi connectivity index (χ3v) is 2.73. The Balaban J connectivity index is 2.87. The van der Waals surface area contributed by atoms with Crippen LogP contribution in [0.5, 0.6) is 5.75 Å². The lowest BCUT2D eigenvalue weighted by Gasteiger charge is -2.13. The molecule has 19 heavy (non-hydrogen) atoms. The van der Waals surface area contributed by atoms with Crippen molar-refractivity contribution < 1.29 is 19.2 Å². The predicted octanol–water partition coefficient (Wildman–Crippen LogP) is 2.17. The minimum Gasteiger partial charge on any atom is -0.490 e. The predicted molar refractivity (Wildman–Crippen MR) is 69.0 cm³/mol. The van der Waals surface area contributed by atoms with Crippen molar-refractivity contribution in [3.8, 4) is 5.75 Å². The molecule has 7 heteroatoms. The lowest BCUT2D eigenvalue weighted by atomic mass is 10.1. The molecule has 6 nitrogen and oxygen atoms in total. The van der Waals surface area contributed by atoms with E-state index in [9.17, 15) is 14.5 Å². The summed E-state index contributed by atoms with van der Waals surface area (Å²) in [5.74, 6) is -0.544. The Morgan fingerprint density at radius 2 is 2.26 bits per heavy atom. The van der Waals surface area contributed by atoms with E-state index in [1.54, 1.807) is 0 Å². The Labute approximate surface area is 110 Å². The van der Waals surface area contributed by atoms with Crippen LogP contribution in [0.2, 0.25) is 0 Å². The topological polar surface area (TPSA) is 84.6 Å². The lowest BCUT2D eigenvalue weighted by molar-refractivity contribution is -0.385. The summed E-state index contributed by atoms with van der Waals surface area (Å²) in [6.07, 6.45) is 0.596. The van der Waals surface area contributed by atoms with Crippen LogP contribution in [0.1, 0.15) is 13.3 Å². The summed E-state index contributed by atoms with van der Waals surface area (Å²) in [6.45, 7) is 2.43. The van der Waals surface area contributed by atoms with E-state index < -0.39 is 16.4 Å². The molecule has 2 N–H and O–H groups in total. The zero-order valence-electron chi connectivity index (χ0n) is 10.9. The molecule has 1 aromatic carbocycles. The van der Waals surface area contributed by atoms with Gasteiger partial charge in [-0.15, -0.1) is 0 Å². The quantitative estimate of drug-likeness (QED) is 0.587. The first-order chi connectivity index (χ1) is 8.99. The van der Waals surface area contributed by atoms with E-state index in [1.807, 2.05) is 6.92 Å². The van der Waals surface area contributed by atoms with E-state index >= 15 is 0 Å². The second kappa shape index (κ2) is 6.89. The normalized spacial score (nSPS) is 12.0. The number of rotatable bonds is 7. The molecule has 0 fully saturated rings. The molecule has 1 rings (SSSR count). The number of aliphatic hydroxyl groups excluding tert-OH is 1. The van der Waals surface area contributed by atoms with Gasteiger partial charge in [0.2, 0.25) is 0 Å². The molecule has 0 bridgehead atoms. The molecule has 0 aliphatic rings. The van der Waals surface area contributed by atoms with Gasteiger partial charge in [-0.1, -0.05) is 6.92 Å². The number of nitrogens with zero attached hydrogens (tertiary/aromatic N) is 1. The Morgan fingerprint density at radius 1 is 1.58 bits per heavy atom. The average molecular weight is 272 g/mol. The highest BCUT2D eigenvalue weighted by molar-refractivity contribution is 5.59. The Kier molecular flexibility index (Phi) is 5.50. The van der Waals surface area contributed by atoms with Gasteiger partial charge in [-0.25, -0.2) is 4.39 Å². The van der Waals surface area contributed by atoms with Gasteiger partial charge in [0.1, 0.15) is 0 Å². The standard InChI is InChI=1S/C12H17FN2O4/c1-8(3-4-16)7-14-10-6-12(19-2)11(15(17)18)5-9(10)13/h5-6,8,14,16H,3-4,7H2,1-2H3. The number of aliphatic hydroxyl groups is 1. The van der Waals surface area contributed by atoms with Gasteiger partial charge in [0.25, 0.3) is 0 Å². The number of benzene rings is 1. The van der Waals surface area contributed by atoms with Crippen molar-refractivity contribution in [2.75, 3.05) is 25.6 Å². The van der Waals surface area contributed by atoms with Gasteiger partial charge in [-0.05, 0) is 12.3 Å². The van der Waals surface area contributed by atoms with Gasteiger partial charge in [0, 0.05) is 19.2 Å². The number of hydrogen-bond acceptors (Lipinski definition) is 5. The van der Waals surface area contributed by atoms with Gasteiger partial charge >= 0.3 is 5.69 Å². The van der Waals surface area contributed by atoms with Crippen LogP contribution in [-0.2, 0) is 0 Å². The smallest absolute Gasteiger partial charge is 0.313 e. The van der Waals surface area contributed by atoms with E-state index in [1.165, 1.54) is 13.2 Å². The average Bonchev–Trinajstić information content (AvgIpc) is 2.37. The molecule has 1 unspecified atom stereocenters. The maximum Gasteiger partial charge on any atom is 0.313 e. The molecule has 0 saturated heterocycles. The third kappa shape index (κ3) is 4.06. The van der Waals surface area contributed by atoms with Crippen LogP contribution in [0.3, 0.4) is 0 Å². The molecule has 0 amide bonds. The molecule has 0 saturated carbocycles. The molecule has 0 aliphatic heterocycles. The largest absolute Gasteiger partial charge is 0.490 e. The molecular weight excluding hydrogens is 255 g/mol. The van der Waals surface area contributed by atoms with E-state index in [0.717, 1.165) is 6.07 Å². The Morgan fingerprint density at radius 3 is 2.79 bits per heavy atom. The SMILES string of the molecule is COc1cc(NCC(C)CCO)c(F)cc1[N+](=O)[O-]. The van der Waals surface area contributed by atoms with Crippen LogP contribution >= 0.6 is 0 Å². The second-order valence-electron chi connectivity index (χ2n) is 4.26. The molecular formula is C12H17FN2O4. The zero-order valence-corrected chi connectivity index (χ0v) is 10.9. The van der Waals surface area contributed by atoms with Crippen LogP contribution in [0.4, 0.5) is 15.8 Å². The van der Waals surface area contributed by atoms with Gasteiger partial charge in [-0.2, -0.15) is 0 Å². The fraction of sp³-hybridized carbons (Fsp3) is 0.500. The zero-order chi connectivity index (χ0) is 14.4. The van der Waals surface area contributed by atoms with Crippen LogP contribution in [-0.4, -0.2) is 30.3 Å². The first-order valence-electron chi connectivity index (χ1n) is 5.86. The highest BCUT2D eigenvalue weighted by atomic mass is 19.1. The molecule has 0 radical (unpaired) electrons. The van der Waals surface area contributed by atoms with Crippen LogP contribution < -0.4 is 10.1 Å². The van der Waals surface area contributed by atoms with E-state index in [0.29, 0.717) is 13.0 Å². The van der Waals surface area contributed by atoms with Crippen LogP contribution in [0.15, 0.2) is 12.1 Å². The number of anilines is 1. The summed E-state index contributed by atoms with van der Waals surface area (Å²) in [5.41, 5.74) is -0.263. The van der Waals surface area contributed by atoms with Crippen molar-refractivity contribution in [3.63, 3.8) is 0 Å². The number of nitrogens with one attached hydrogen (secondary N) is 1. The summed E-state index contributed by atoms with van der Waals surface area (Å²) < 4.78 is 18.6. The molecule has 0 aromatic heterocycles. The first kappa shape index (κ1) is 15.2. The number of nitro groups is 1. The Bertz CT molecular complexity index is 454. The van der Waals surface area contributed by atoms with Gasteiger partial charge < -0.3 is 15.2 Å². The molecule has 1 aromatic rings. The molecule has 0 heterocycles. The van der Waals surface area contributed by atoms with Crippen LogP contribution in [0, 0.1) is 21.8 Å². The highest BCUT2D eigenvalue weighted by Crippen LogP contribution is 2.32. The van der Waals surface area contributed by atoms with E-state index in [-0.39, 0.29) is 24.0 Å². The Hall–Kier alpha value is -1.89. The highest BCUT2D eigenvalue weighted by Gasteiger charge is 2.19. The van der Waals surface area contributed by atoms with Crippen molar-refractivity contribution in [2.45, 2.75) is 13.3 Å². The summed E-state index contributed by atoms with van der Waals surface area (Å²) in [5, 5.41) is 22.3. The van der Waals surface area contributed by atoms with Gasteiger partial charge in [0.05, 0.1) is 23.8 Å². The van der Waals surface area contributed by atoms with Crippen molar-refractivity contribution in [1.82, 2.24) is 0 Å². The van der Waals surface area contributed by atoms with E-state index in [4.69, 9.17) is 9.84 Å². The minimum absolute atomic E-state index is 0.00344. The maximum atomic E-state index is 13.7. The molecule has 0 aliphatic carbocycles. The van der Waals surface area contributed by atoms with Gasteiger partial charge in [0.15, 0.2) is 11.6 Å². The third-order valence-electron chi connectivity index (χ3n) is 2.73. The number of hydrogen-bond donors (Lipinski definition) is 2. The summed E-state index contributed by atoms with van der Waals surface area (Å²) in [6, 6.07) is 2.09. The lowest BCUT2D eigenvalue weighted by Crippen LogP contribution is -2.13. The summed E-state index contributed by atoms with van der Waals surface area (Å²) in [7, 11) is 1.29. The van der Waals surface area contributed by atoms with E-state index in [2.05, 4.69) is 5.32 Å². The maximum absolute atomic E-state index is 13.7. The molecule has 0 spiro atoms. The van der Waals surface area contributed by atoms with Crippen molar-refractivity contribution in [2.24, 2.45) is 5.92 Å². The fourth-order valence-electron chi connectivity index (χ4n) is 1.59. The van der Waals surface area contributed by atoms with Crippen molar-refractivity contribution in [3.05, 3.63) is 28.1 Å². The monoisotopic (exact) mass is 272 g/mol. The van der Waals surface area contributed by atoms with Crippen LogP contribution in [0.25, 0.3) is 0 Å². The van der Waals surface area contributed by atoms with Crippen molar-refractivity contribution >= 4 is 11.4 Å². The minimum atomic E-state index is -0.705. The number of nitro benzene ring substituents is 1. The first-order valence-corrected chi connectivity index (χ1v) is 5.86. The molecule has 106 valence electrons. The summed E-state index contributed by atoms with van der Waals surface area (Å²) >= 11 is 0. The fourth-order valence-corrected chi connectivity index (χ4v) is 1.59. The summed E-state index contributed by atoms with van der Waals surface area (Å²) in [4.78, 5) is 10.0. The second-order valence-corrected chi connectivity index (χ2v) is 4.26. The number of halogens is 1. The van der Waals surface area contributed by atoms with Gasteiger partial charge in [-0.3, -0.25) is 10.1 Å². The number of methoxy groups -OCH3 is 1. The molecule has 1 atom stereocenters.